The summed E-state index contributed by atoms with van der Waals surface area (Å²) in [5, 5.41) is 9.40. The number of ketones is 1. The molecule has 0 spiro atoms. The van der Waals surface area contributed by atoms with Gasteiger partial charge in [-0.1, -0.05) is 18.2 Å². The Hall–Kier alpha value is -3.90. The van der Waals surface area contributed by atoms with Crippen LogP contribution >= 0.6 is 11.8 Å². The molecule has 3 aromatic rings. The van der Waals surface area contributed by atoms with Gasteiger partial charge in [0.15, 0.2) is 17.3 Å². The number of nitriles is 1. The largest absolute Gasteiger partial charge is 0.497 e. The van der Waals surface area contributed by atoms with Crippen LogP contribution in [0.4, 0.5) is 5.82 Å². The van der Waals surface area contributed by atoms with Gasteiger partial charge in [0, 0.05) is 0 Å². The molecular weight excluding hydrogens is 440 g/mol. The minimum atomic E-state index is -0.202. The van der Waals surface area contributed by atoms with Gasteiger partial charge < -0.3 is 14.2 Å². The molecule has 0 aliphatic carbocycles. The van der Waals surface area contributed by atoms with Crippen molar-refractivity contribution < 1.29 is 19.0 Å². The molecule has 0 bridgehead atoms. The van der Waals surface area contributed by atoms with Gasteiger partial charge in [-0.05, 0) is 36.1 Å². The summed E-state index contributed by atoms with van der Waals surface area (Å²) in [6, 6.07) is 14.6. The van der Waals surface area contributed by atoms with Crippen LogP contribution in [-0.2, 0) is 6.61 Å². The van der Waals surface area contributed by atoms with E-state index in [9.17, 15) is 4.79 Å². The highest BCUT2D eigenvalue weighted by Gasteiger charge is 2.20. The number of benzene rings is 2. The van der Waals surface area contributed by atoms with E-state index in [4.69, 9.17) is 19.5 Å². The standard InChI is InChI=1S/C24H22N4O4S/c1-30-18-9-7-16(8-10-18)15-32-21-6-4-5-20(31-2)24(21)19(29)11-23(33-3)28-22-14-26-17(12-25)13-27-22/h4-10,13-14H,11,15H2,1-3H3. The highest BCUT2D eigenvalue weighted by Crippen LogP contribution is 2.31. The van der Waals surface area contributed by atoms with E-state index in [0.29, 0.717) is 27.9 Å². The molecule has 8 nitrogen and oxygen atoms in total. The van der Waals surface area contributed by atoms with Gasteiger partial charge in [0.25, 0.3) is 0 Å². The zero-order valence-electron chi connectivity index (χ0n) is 18.4. The summed E-state index contributed by atoms with van der Waals surface area (Å²) >= 11 is 1.33. The van der Waals surface area contributed by atoms with Crippen LogP contribution in [0, 0.1) is 11.3 Å². The number of ether oxygens (including phenoxy) is 3. The van der Waals surface area contributed by atoms with E-state index in [1.165, 1.54) is 31.3 Å². The molecule has 0 aliphatic rings. The zero-order chi connectivity index (χ0) is 23.6. The number of hydrogen-bond acceptors (Lipinski definition) is 9. The van der Waals surface area contributed by atoms with E-state index >= 15 is 0 Å². The van der Waals surface area contributed by atoms with E-state index in [0.717, 1.165) is 11.3 Å². The molecule has 1 heterocycles. The molecule has 1 aromatic heterocycles. The Kier molecular flexibility index (Phi) is 8.38. The third-order valence-corrected chi connectivity index (χ3v) is 5.29. The fourth-order valence-corrected chi connectivity index (χ4v) is 3.37. The number of carbonyl (C=O) groups excluding carboxylic acids is 1. The van der Waals surface area contributed by atoms with Gasteiger partial charge in [0.2, 0.25) is 0 Å². The number of aliphatic imine (C=N–C) groups is 1. The van der Waals surface area contributed by atoms with Crippen molar-refractivity contribution in [3.8, 4) is 23.3 Å². The Morgan fingerprint density at radius 2 is 1.82 bits per heavy atom. The second-order valence-corrected chi connectivity index (χ2v) is 7.53. The molecule has 0 aliphatic heterocycles. The second-order valence-electron chi connectivity index (χ2n) is 6.65. The van der Waals surface area contributed by atoms with Crippen LogP contribution in [0.5, 0.6) is 17.2 Å². The molecule has 0 unspecified atom stereocenters. The van der Waals surface area contributed by atoms with E-state index in [1.807, 2.05) is 36.6 Å². The van der Waals surface area contributed by atoms with Crippen LogP contribution < -0.4 is 14.2 Å². The summed E-state index contributed by atoms with van der Waals surface area (Å²) in [5.74, 6) is 1.72. The number of hydrogen-bond donors (Lipinski definition) is 0. The third kappa shape index (κ3) is 6.30. The number of nitrogens with zero attached hydrogens (tertiary/aromatic N) is 4. The average molecular weight is 463 g/mol. The molecule has 0 amide bonds. The topological polar surface area (TPSA) is 107 Å². The Morgan fingerprint density at radius 3 is 2.42 bits per heavy atom. The number of rotatable bonds is 9. The van der Waals surface area contributed by atoms with Crippen molar-refractivity contribution in [1.29, 1.82) is 5.26 Å². The molecule has 2 aromatic carbocycles. The van der Waals surface area contributed by atoms with Crippen LogP contribution in [0.1, 0.15) is 28.0 Å². The van der Waals surface area contributed by atoms with Crippen LogP contribution in [0.15, 0.2) is 59.9 Å². The van der Waals surface area contributed by atoms with Crippen LogP contribution in [0.3, 0.4) is 0 Å². The Balaban J connectivity index is 1.81. The molecule has 3 rings (SSSR count). The highest BCUT2D eigenvalue weighted by atomic mass is 32.2. The minimum Gasteiger partial charge on any atom is -0.497 e. The van der Waals surface area contributed by atoms with Crippen LogP contribution in [0.25, 0.3) is 0 Å². The normalized spacial score (nSPS) is 10.9. The molecule has 9 heteroatoms. The quantitative estimate of drug-likeness (QED) is 0.258. The lowest BCUT2D eigenvalue weighted by Crippen LogP contribution is -2.10. The lowest BCUT2D eigenvalue weighted by molar-refractivity contribution is 0.0993. The number of Topliss-reactive ketones (excluding diaryl/α,β-unsaturated/α-hetero) is 1. The van der Waals surface area contributed by atoms with Crippen molar-refractivity contribution in [2.45, 2.75) is 13.0 Å². The summed E-state index contributed by atoms with van der Waals surface area (Å²) in [7, 11) is 3.12. The minimum absolute atomic E-state index is 0.0299. The van der Waals surface area contributed by atoms with Crippen molar-refractivity contribution in [2.24, 2.45) is 4.99 Å². The monoisotopic (exact) mass is 462 g/mol. The number of carbonyl (C=O) groups is 1. The van der Waals surface area contributed by atoms with Crippen LogP contribution in [-0.4, -0.2) is 41.3 Å². The van der Waals surface area contributed by atoms with Gasteiger partial charge in [-0.3, -0.25) is 4.79 Å². The van der Waals surface area contributed by atoms with Gasteiger partial charge in [-0.25, -0.2) is 15.0 Å². The fourth-order valence-electron chi connectivity index (χ4n) is 2.91. The molecule has 0 fully saturated rings. The fraction of sp³-hybridized carbons (Fsp3) is 0.208. The first-order chi connectivity index (χ1) is 16.1. The Morgan fingerprint density at radius 1 is 1.06 bits per heavy atom. The van der Waals surface area contributed by atoms with Crippen molar-refractivity contribution in [3.05, 3.63) is 71.7 Å². The molecule has 0 saturated heterocycles. The van der Waals surface area contributed by atoms with E-state index in [1.54, 1.807) is 25.3 Å². The SMILES string of the molecule is COc1ccc(COc2cccc(OC)c2C(=O)CC(=Nc2cnc(C#N)cn2)SC)cc1. The van der Waals surface area contributed by atoms with Crippen molar-refractivity contribution >= 4 is 28.4 Å². The lowest BCUT2D eigenvalue weighted by Gasteiger charge is -2.14. The Bertz CT molecular complexity index is 1170. The summed E-state index contributed by atoms with van der Waals surface area (Å²) in [6.07, 6.45) is 4.59. The van der Waals surface area contributed by atoms with Crippen molar-refractivity contribution in [1.82, 2.24) is 9.97 Å². The average Bonchev–Trinajstić information content (AvgIpc) is 2.87. The summed E-state index contributed by atoms with van der Waals surface area (Å²) in [4.78, 5) is 25.7. The lowest BCUT2D eigenvalue weighted by atomic mass is 10.1. The molecule has 0 atom stereocenters. The smallest absolute Gasteiger partial charge is 0.176 e. The van der Waals surface area contributed by atoms with Gasteiger partial charge in [0.1, 0.15) is 35.5 Å². The maximum atomic E-state index is 13.3. The molecule has 168 valence electrons. The van der Waals surface area contributed by atoms with Gasteiger partial charge in [-0.2, -0.15) is 5.26 Å². The Labute approximate surface area is 196 Å². The van der Waals surface area contributed by atoms with Gasteiger partial charge >= 0.3 is 0 Å². The first kappa shape index (κ1) is 23.8. The first-order valence-corrected chi connectivity index (χ1v) is 11.1. The van der Waals surface area contributed by atoms with E-state index in [-0.39, 0.29) is 24.5 Å². The maximum absolute atomic E-state index is 13.3. The third-order valence-electron chi connectivity index (χ3n) is 4.58. The predicted molar refractivity (Wildman–Crippen MR) is 127 cm³/mol. The molecule has 0 N–H and O–H groups in total. The molecule has 33 heavy (non-hydrogen) atoms. The number of thioether (sulfide) groups is 1. The summed E-state index contributed by atoms with van der Waals surface area (Å²) in [5.41, 5.74) is 1.48. The zero-order valence-corrected chi connectivity index (χ0v) is 19.3. The van der Waals surface area contributed by atoms with Gasteiger partial charge in [-0.15, -0.1) is 11.8 Å². The van der Waals surface area contributed by atoms with Crippen molar-refractivity contribution in [2.75, 3.05) is 20.5 Å². The highest BCUT2D eigenvalue weighted by molar-refractivity contribution is 8.13. The summed E-state index contributed by atoms with van der Waals surface area (Å²) in [6.45, 7) is 0.280. The van der Waals surface area contributed by atoms with Gasteiger partial charge in [0.05, 0.1) is 38.1 Å². The second kappa shape index (κ2) is 11.6. The van der Waals surface area contributed by atoms with Crippen molar-refractivity contribution in [3.63, 3.8) is 0 Å². The molecule has 0 saturated carbocycles. The molecule has 0 radical (unpaired) electrons. The summed E-state index contributed by atoms with van der Waals surface area (Å²) < 4.78 is 16.6. The maximum Gasteiger partial charge on any atom is 0.176 e. The predicted octanol–water partition coefficient (Wildman–Crippen LogP) is 4.61. The van der Waals surface area contributed by atoms with E-state index in [2.05, 4.69) is 15.0 Å². The van der Waals surface area contributed by atoms with E-state index < -0.39 is 0 Å². The first-order valence-electron chi connectivity index (χ1n) is 9.87. The number of methoxy groups -OCH3 is 2. The molecular formula is C24H22N4O4S. The number of aromatic nitrogens is 2. The van der Waals surface area contributed by atoms with Crippen LogP contribution in [0.2, 0.25) is 0 Å².